The lowest BCUT2D eigenvalue weighted by atomic mass is 9.41. The first kappa shape index (κ1) is 49.7. The van der Waals surface area contributed by atoms with Crippen LogP contribution in [0, 0.1) is 50.7 Å². The highest BCUT2D eigenvalue weighted by Gasteiger charge is 2.85. The van der Waals surface area contributed by atoms with Crippen molar-refractivity contribution in [1.29, 1.82) is 0 Å². The van der Waals surface area contributed by atoms with Crippen LogP contribution in [0.15, 0.2) is 0 Å². The van der Waals surface area contributed by atoms with Gasteiger partial charge in [0.05, 0.1) is 49.8 Å². The van der Waals surface area contributed by atoms with Gasteiger partial charge in [0.1, 0.15) is 61.0 Å². The maximum absolute atomic E-state index is 12.1. The first-order chi connectivity index (χ1) is 29.8. The lowest BCUT2D eigenvalue weighted by Gasteiger charge is -2.65. The normalized spacial score (nSPS) is 54.5. The van der Waals surface area contributed by atoms with Crippen molar-refractivity contribution in [3.8, 4) is 0 Å². The molecular formula is C46H78O18. The summed E-state index contributed by atoms with van der Waals surface area (Å²) in [6.07, 6.45) is -15.7. The third-order valence-electron chi connectivity index (χ3n) is 19.0. The summed E-state index contributed by atoms with van der Waals surface area (Å²) in [5, 5.41) is 129. The average Bonchev–Trinajstić information content (AvgIpc) is 3.82. The molecule has 12 N–H and O–H groups in total. The molecule has 0 amide bonds. The zero-order valence-corrected chi connectivity index (χ0v) is 38.4. The van der Waals surface area contributed by atoms with Crippen LogP contribution in [0.5, 0.6) is 0 Å². The summed E-state index contributed by atoms with van der Waals surface area (Å²) in [6, 6.07) is 0. The molecule has 25 atom stereocenters. The highest BCUT2D eigenvalue weighted by atomic mass is 16.8. The van der Waals surface area contributed by atoms with Crippen LogP contribution in [0.1, 0.15) is 106 Å². The molecule has 2 spiro atoms. The Morgan fingerprint density at radius 2 is 1.33 bits per heavy atom. The minimum absolute atomic E-state index is 0.0455. The van der Waals surface area contributed by atoms with E-state index in [9.17, 15) is 61.3 Å². The topological polar surface area (TPSA) is 298 Å². The van der Waals surface area contributed by atoms with Gasteiger partial charge in [-0.15, -0.1) is 0 Å². The van der Waals surface area contributed by atoms with E-state index in [1.165, 1.54) is 0 Å². The Kier molecular flexibility index (Phi) is 13.4. The summed E-state index contributed by atoms with van der Waals surface area (Å²) in [7, 11) is 0. The Hall–Kier alpha value is -0.720. The molecule has 64 heavy (non-hydrogen) atoms. The number of hydrogen-bond acceptors (Lipinski definition) is 18. The Bertz CT molecular complexity index is 1650. The number of hydrogen-bond donors (Lipinski definition) is 12. The average molecular weight is 919 g/mol. The molecule has 8 rings (SSSR count). The molecule has 3 heterocycles. The molecule has 3 aliphatic heterocycles. The predicted molar refractivity (Wildman–Crippen MR) is 222 cm³/mol. The van der Waals surface area contributed by atoms with Gasteiger partial charge in [0, 0.05) is 0 Å². The lowest BCUT2D eigenvalue weighted by molar-refractivity contribution is -0.360. The lowest BCUT2D eigenvalue weighted by Crippen LogP contribution is -2.65. The van der Waals surface area contributed by atoms with Crippen molar-refractivity contribution in [1.82, 2.24) is 0 Å². The number of fused-ring (bicyclic) bond motifs is 2. The van der Waals surface area contributed by atoms with E-state index in [1.807, 2.05) is 0 Å². The van der Waals surface area contributed by atoms with Crippen LogP contribution in [-0.4, -0.2) is 191 Å². The highest BCUT2D eigenvalue weighted by molar-refractivity contribution is 5.33. The van der Waals surface area contributed by atoms with Crippen LogP contribution in [0.4, 0.5) is 0 Å². The van der Waals surface area contributed by atoms with Gasteiger partial charge < -0.3 is 89.7 Å². The molecule has 8 aliphatic rings. The van der Waals surface area contributed by atoms with Gasteiger partial charge in [-0.2, -0.15) is 0 Å². The van der Waals surface area contributed by atoms with Crippen molar-refractivity contribution in [2.24, 2.45) is 50.7 Å². The number of rotatable bonds is 12. The molecule has 5 saturated carbocycles. The minimum atomic E-state index is -1.67. The van der Waals surface area contributed by atoms with Gasteiger partial charge >= 0.3 is 0 Å². The summed E-state index contributed by atoms with van der Waals surface area (Å²) in [5.74, 6) is -0.226. The number of aliphatic hydroxyl groups excluding tert-OH is 11. The van der Waals surface area contributed by atoms with Crippen molar-refractivity contribution in [3.63, 3.8) is 0 Å². The molecule has 5 aliphatic carbocycles. The molecule has 3 saturated heterocycles. The molecule has 0 aromatic rings. The van der Waals surface area contributed by atoms with E-state index in [0.717, 1.165) is 19.3 Å². The smallest absolute Gasteiger partial charge is 0.186 e. The summed E-state index contributed by atoms with van der Waals surface area (Å²) >= 11 is 0. The zero-order chi connectivity index (χ0) is 46.9. The summed E-state index contributed by atoms with van der Waals surface area (Å²) in [5.41, 5.74) is -3.06. The molecule has 18 nitrogen and oxygen atoms in total. The van der Waals surface area contributed by atoms with Gasteiger partial charge in [0.2, 0.25) is 0 Å². The summed E-state index contributed by atoms with van der Waals surface area (Å²) in [4.78, 5) is 0. The van der Waals surface area contributed by atoms with Crippen molar-refractivity contribution < 1.29 is 89.7 Å². The first-order valence-corrected chi connectivity index (χ1v) is 23.8. The SMILES string of the molecule is CC(CCC(O)C(C)(C)O)C1C(O)CC2(C)C3CC(OC4OC(CO)C(O)C(O)C4O)C4C(C)(C)C(OC5OCC(O)C(O)C5OC5OCC(O)C(O)C5O)CCC45CC35CCC12C. The molecule has 8 fully saturated rings. The molecule has 25 unspecified atom stereocenters. The maximum Gasteiger partial charge on any atom is 0.186 e. The van der Waals surface area contributed by atoms with Gasteiger partial charge in [-0.05, 0) is 122 Å². The fraction of sp³-hybridized carbons (Fsp3) is 1.00. The second-order valence-corrected chi connectivity index (χ2v) is 23.1. The van der Waals surface area contributed by atoms with Crippen LogP contribution >= 0.6 is 0 Å². The second-order valence-electron chi connectivity index (χ2n) is 23.1. The van der Waals surface area contributed by atoms with E-state index < -0.39 is 122 Å². The molecule has 18 heteroatoms. The van der Waals surface area contributed by atoms with E-state index in [-0.39, 0.29) is 58.5 Å². The number of ether oxygens (including phenoxy) is 6. The van der Waals surface area contributed by atoms with Crippen LogP contribution < -0.4 is 0 Å². The second kappa shape index (κ2) is 17.3. The van der Waals surface area contributed by atoms with Crippen molar-refractivity contribution in [2.75, 3.05) is 19.8 Å². The van der Waals surface area contributed by atoms with Crippen LogP contribution in [0.3, 0.4) is 0 Å². The summed E-state index contributed by atoms with van der Waals surface area (Å²) < 4.78 is 37.3. The van der Waals surface area contributed by atoms with Crippen molar-refractivity contribution >= 4 is 0 Å². The Morgan fingerprint density at radius 1 is 0.688 bits per heavy atom. The van der Waals surface area contributed by atoms with Gasteiger partial charge in [0.25, 0.3) is 0 Å². The van der Waals surface area contributed by atoms with E-state index >= 15 is 0 Å². The minimum Gasteiger partial charge on any atom is -0.394 e. The molecular weight excluding hydrogens is 840 g/mol. The van der Waals surface area contributed by atoms with Gasteiger partial charge in [-0.25, -0.2) is 0 Å². The van der Waals surface area contributed by atoms with Crippen LogP contribution in [0.2, 0.25) is 0 Å². The highest BCUT2D eigenvalue weighted by Crippen LogP contribution is 2.89. The molecule has 0 aromatic heterocycles. The van der Waals surface area contributed by atoms with E-state index in [1.54, 1.807) is 13.8 Å². The molecule has 0 radical (unpaired) electrons. The molecule has 370 valence electrons. The molecule has 0 bridgehead atoms. The van der Waals surface area contributed by atoms with Gasteiger partial charge in [0.15, 0.2) is 18.9 Å². The van der Waals surface area contributed by atoms with Crippen LogP contribution in [0.25, 0.3) is 0 Å². The summed E-state index contributed by atoms with van der Waals surface area (Å²) in [6.45, 7) is 12.9. The van der Waals surface area contributed by atoms with Gasteiger partial charge in [-0.1, -0.05) is 34.6 Å². The largest absolute Gasteiger partial charge is 0.394 e. The predicted octanol–water partition coefficient (Wildman–Crippen LogP) is -0.973. The van der Waals surface area contributed by atoms with E-state index in [4.69, 9.17) is 28.4 Å². The van der Waals surface area contributed by atoms with E-state index in [0.29, 0.717) is 38.5 Å². The fourth-order valence-electron chi connectivity index (χ4n) is 15.4. The third kappa shape index (κ3) is 7.68. The van der Waals surface area contributed by atoms with Gasteiger partial charge in [-0.3, -0.25) is 0 Å². The Labute approximate surface area is 375 Å². The fourth-order valence-corrected chi connectivity index (χ4v) is 15.4. The molecule has 0 aromatic carbocycles. The van der Waals surface area contributed by atoms with E-state index in [2.05, 4.69) is 34.6 Å². The van der Waals surface area contributed by atoms with Crippen molar-refractivity contribution in [3.05, 3.63) is 0 Å². The standard InChI is InChI=1S/C46H78O18/c1-20(8-9-27(51)42(4,5)58)29-21(48)15-44(7)26-14-24(61-39-35(57)33(55)32(54)25(16-47)62-39)37-41(2,3)28(10-11-46(37)19-45(26,46)13-12-43(29,44)6)63-40-36(31(53)23(50)18-60-40)64-38-34(56)30(52)22(49)17-59-38/h20-40,47-58H,8-19H2,1-7H3. The number of aliphatic hydroxyl groups is 12. The van der Waals surface area contributed by atoms with Crippen LogP contribution in [-0.2, 0) is 28.4 Å². The third-order valence-corrected chi connectivity index (χ3v) is 19.0. The quantitative estimate of drug-likeness (QED) is 0.105. The van der Waals surface area contributed by atoms with Crippen molar-refractivity contribution in [2.45, 2.75) is 216 Å². The zero-order valence-electron chi connectivity index (χ0n) is 38.4. The maximum atomic E-state index is 12.1. The first-order valence-electron chi connectivity index (χ1n) is 23.8. The monoisotopic (exact) mass is 919 g/mol. The Morgan fingerprint density at radius 3 is 1.98 bits per heavy atom. The Balaban J connectivity index is 1.10.